The van der Waals surface area contributed by atoms with Gasteiger partial charge >= 0.3 is 0 Å². The summed E-state index contributed by atoms with van der Waals surface area (Å²) >= 11 is 0. The number of halogens is 1. The molecule has 0 radical (unpaired) electrons. The van der Waals surface area contributed by atoms with E-state index >= 15 is 0 Å². The van der Waals surface area contributed by atoms with Crippen molar-refractivity contribution < 1.29 is 17.6 Å². The van der Waals surface area contributed by atoms with Gasteiger partial charge in [-0.3, -0.25) is 4.79 Å². The van der Waals surface area contributed by atoms with Crippen LogP contribution in [0.2, 0.25) is 0 Å². The van der Waals surface area contributed by atoms with Crippen LogP contribution in [0, 0.1) is 12.7 Å². The Morgan fingerprint density at radius 2 is 1.93 bits per heavy atom. The van der Waals surface area contributed by atoms with E-state index in [2.05, 4.69) is 0 Å². The first-order chi connectivity index (χ1) is 6.35. The van der Waals surface area contributed by atoms with Crippen LogP contribution in [-0.2, 0) is 14.6 Å². The highest BCUT2D eigenvalue weighted by Crippen LogP contribution is 2.17. The first kappa shape index (κ1) is 10.8. The zero-order valence-corrected chi connectivity index (χ0v) is 8.56. The second-order valence-electron chi connectivity index (χ2n) is 2.90. The van der Waals surface area contributed by atoms with Crippen LogP contribution in [0.5, 0.6) is 0 Å². The zero-order chi connectivity index (χ0) is 10.9. The average molecular weight is 216 g/mol. The van der Waals surface area contributed by atoms with E-state index in [1.54, 1.807) is 0 Å². The Morgan fingerprint density at radius 1 is 1.36 bits per heavy atom. The fourth-order valence-electron chi connectivity index (χ4n) is 1.07. The minimum atomic E-state index is -3.93. The summed E-state index contributed by atoms with van der Waals surface area (Å²) in [4.78, 5) is 10.7. The number of hydrogen-bond donors (Lipinski definition) is 0. The Morgan fingerprint density at radius 3 is 2.36 bits per heavy atom. The summed E-state index contributed by atoms with van der Waals surface area (Å²) in [5, 5.41) is -0.938. The Kier molecular flexibility index (Phi) is 2.71. The first-order valence-electron chi connectivity index (χ1n) is 3.87. The number of carbonyl (C=O) groups is 1. The number of rotatable bonds is 1. The zero-order valence-electron chi connectivity index (χ0n) is 7.74. The molecule has 0 bridgehead atoms. The van der Waals surface area contributed by atoms with Crippen molar-refractivity contribution in [1.29, 1.82) is 0 Å². The number of aryl methyl sites for hydroxylation is 1. The fourth-order valence-corrected chi connectivity index (χ4v) is 2.11. The van der Waals surface area contributed by atoms with Crippen molar-refractivity contribution in [1.82, 2.24) is 0 Å². The highest BCUT2D eigenvalue weighted by Gasteiger charge is 2.22. The molecule has 0 amide bonds. The lowest BCUT2D eigenvalue weighted by atomic mass is 10.2. The van der Waals surface area contributed by atoms with Crippen molar-refractivity contribution in [3.05, 3.63) is 29.6 Å². The Labute approximate surface area is 81.5 Å². The van der Waals surface area contributed by atoms with Crippen LogP contribution in [0.3, 0.4) is 0 Å². The van der Waals surface area contributed by atoms with Gasteiger partial charge in [0.15, 0.2) is 0 Å². The Balaban J connectivity index is 3.42. The van der Waals surface area contributed by atoms with Crippen LogP contribution in [0.4, 0.5) is 4.39 Å². The predicted octanol–water partition coefficient (Wildman–Crippen LogP) is 1.45. The molecule has 3 nitrogen and oxygen atoms in total. The van der Waals surface area contributed by atoms with E-state index in [-0.39, 0.29) is 10.5 Å². The molecule has 0 saturated carbocycles. The molecule has 0 saturated heterocycles. The monoisotopic (exact) mass is 216 g/mol. The highest BCUT2D eigenvalue weighted by molar-refractivity contribution is 8.06. The summed E-state index contributed by atoms with van der Waals surface area (Å²) in [5.41, 5.74) is 0.236. The van der Waals surface area contributed by atoms with E-state index in [4.69, 9.17) is 0 Å². The molecule has 0 aliphatic rings. The van der Waals surface area contributed by atoms with Gasteiger partial charge in [0.05, 0.1) is 4.90 Å². The molecule has 0 N–H and O–H groups in total. The summed E-state index contributed by atoms with van der Waals surface area (Å²) in [7, 11) is -3.93. The van der Waals surface area contributed by atoms with Crippen molar-refractivity contribution in [2.45, 2.75) is 18.7 Å². The summed E-state index contributed by atoms with van der Waals surface area (Å²) in [6.07, 6.45) is 0. The standard InChI is InChI=1S/C9H9FO3S/c1-6-5-8(10)3-4-9(6)14(12,13)7(2)11/h3-5H,1-2H3. The molecular formula is C9H9FO3S. The molecule has 14 heavy (non-hydrogen) atoms. The van der Waals surface area contributed by atoms with Crippen molar-refractivity contribution in [2.24, 2.45) is 0 Å². The van der Waals surface area contributed by atoms with Gasteiger partial charge in [0.2, 0.25) is 15.0 Å². The van der Waals surface area contributed by atoms with Crippen LogP contribution >= 0.6 is 0 Å². The number of hydrogen-bond acceptors (Lipinski definition) is 3. The van der Waals surface area contributed by atoms with Crippen LogP contribution in [0.25, 0.3) is 0 Å². The van der Waals surface area contributed by atoms with E-state index in [0.717, 1.165) is 25.1 Å². The lowest BCUT2D eigenvalue weighted by Crippen LogP contribution is -2.12. The fraction of sp³-hybridized carbons (Fsp3) is 0.222. The van der Waals surface area contributed by atoms with Crippen molar-refractivity contribution in [3.63, 3.8) is 0 Å². The summed E-state index contributed by atoms with van der Waals surface area (Å²) < 4.78 is 35.4. The minimum absolute atomic E-state index is 0.133. The Bertz CT molecular complexity index is 477. The van der Waals surface area contributed by atoms with E-state index in [9.17, 15) is 17.6 Å². The molecule has 0 aliphatic heterocycles. The molecular weight excluding hydrogens is 207 g/mol. The third kappa shape index (κ3) is 1.82. The second kappa shape index (κ2) is 3.49. The van der Waals surface area contributed by atoms with Gasteiger partial charge < -0.3 is 0 Å². The molecule has 5 heteroatoms. The maximum absolute atomic E-state index is 12.7. The highest BCUT2D eigenvalue weighted by atomic mass is 32.2. The summed E-state index contributed by atoms with van der Waals surface area (Å²) in [6.45, 7) is 2.41. The lowest BCUT2D eigenvalue weighted by molar-refractivity contribution is -0.109. The topological polar surface area (TPSA) is 51.2 Å². The SMILES string of the molecule is CC(=O)S(=O)(=O)c1ccc(F)cc1C. The first-order valence-corrected chi connectivity index (χ1v) is 5.36. The van der Waals surface area contributed by atoms with Crippen LogP contribution < -0.4 is 0 Å². The third-order valence-corrected chi connectivity index (χ3v) is 3.60. The smallest absolute Gasteiger partial charge is 0.248 e. The largest absolute Gasteiger partial charge is 0.282 e. The van der Waals surface area contributed by atoms with Crippen molar-refractivity contribution in [3.8, 4) is 0 Å². The third-order valence-electron chi connectivity index (χ3n) is 1.80. The maximum atomic E-state index is 12.7. The van der Waals surface area contributed by atoms with Gasteiger partial charge in [-0.25, -0.2) is 12.8 Å². The molecule has 0 atom stereocenters. The van der Waals surface area contributed by atoms with Gasteiger partial charge in [0, 0.05) is 6.92 Å². The van der Waals surface area contributed by atoms with Gasteiger partial charge in [-0.1, -0.05) is 0 Å². The van der Waals surface area contributed by atoms with E-state index in [1.165, 1.54) is 6.92 Å². The van der Waals surface area contributed by atoms with Crippen LogP contribution in [-0.4, -0.2) is 13.5 Å². The van der Waals surface area contributed by atoms with Gasteiger partial charge in [0.25, 0.3) is 0 Å². The molecule has 0 heterocycles. The lowest BCUT2D eigenvalue weighted by Gasteiger charge is -2.03. The van der Waals surface area contributed by atoms with Gasteiger partial charge in [-0.2, -0.15) is 0 Å². The van der Waals surface area contributed by atoms with Crippen molar-refractivity contribution in [2.75, 3.05) is 0 Å². The molecule has 1 aromatic carbocycles. The minimum Gasteiger partial charge on any atom is -0.282 e. The molecule has 1 aromatic rings. The number of carbonyl (C=O) groups excluding carboxylic acids is 1. The number of sulfone groups is 1. The van der Waals surface area contributed by atoms with Crippen LogP contribution in [0.15, 0.2) is 23.1 Å². The van der Waals surface area contributed by atoms with E-state index in [0.29, 0.717) is 0 Å². The maximum Gasteiger partial charge on any atom is 0.248 e. The van der Waals surface area contributed by atoms with E-state index < -0.39 is 20.8 Å². The summed E-state index contributed by atoms with van der Waals surface area (Å²) in [6, 6.07) is 3.19. The van der Waals surface area contributed by atoms with Gasteiger partial charge in [-0.05, 0) is 30.7 Å². The molecule has 0 aliphatic carbocycles. The number of benzene rings is 1. The van der Waals surface area contributed by atoms with Gasteiger partial charge in [-0.15, -0.1) is 0 Å². The van der Waals surface area contributed by atoms with E-state index in [1.807, 2.05) is 0 Å². The Hall–Kier alpha value is -1.23. The average Bonchev–Trinajstić information content (AvgIpc) is 2.02. The summed E-state index contributed by atoms with van der Waals surface area (Å²) in [5.74, 6) is -0.523. The van der Waals surface area contributed by atoms with Gasteiger partial charge in [0.1, 0.15) is 5.82 Å². The molecule has 76 valence electrons. The molecule has 0 spiro atoms. The van der Waals surface area contributed by atoms with Crippen LogP contribution in [0.1, 0.15) is 12.5 Å². The van der Waals surface area contributed by atoms with Crippen molar-refractivity contribution >= 4 is 15.0 Å². The predicted molar refractivity (Wildman–Crippen MR) is 49.0 cm³/mol. The normalized spacial score (nSPS) is 11.4. The molecule has 1 rings (SSSR count). The molecule has 0 fully saturated rings. The second-order valence-corrected chi connectivity index (χ2v) is 4.93. The molecule has 0 unspecified atom stereocenters. The molecule has 0 aromatic heterocycles. The quantitative estimate of drug-likeness (QED) is 0.668.